The van der Waals surface area contributed by atoms with Crippen LogP contribution in [0.5, 0.6) is 0 Å². The van der Waals surface area contributed by atoms with Crippen LogP contribution in [0.4, 0.5) is 17.1 Å². The molecular weight excluding hydrogens is 727 g/mol. The molecule has 0 saturated carbocycles. The van der Waals surface area contributed by atoms with Crippen LogP contribution in [0.15, 0.2) is 217 Å². The zero-order valence-corrected chi connectivity index (χ0v) is 33.6. The van der Waals surface area contributed by atoms with E-state index in [-0.39, 0.29) is 5.41 Å². The van der Waals surface area contributed by atoms with Crippen LogP contribution in [0, 0.1) is 0 Å². The average Bonchev–Trinajstić information content (AvgIpc) is 3.90. The Morgan fingerprint density at radius 2 is 0.917 bits per heavy atom. The van der Waals surface area contributed by atoms with E-state index in [1.54, 1.807) is 0 Å². The Bertz CT molecular complexity index is 3230. The first-order valence-electron chi connectivity index (χ1n) is 20.9. The van der Waals surface area contributed by atoms with E-state index in [9.17, 15) is 0 Å². The number of hydrogen-bond acceptors (Lipinski definition) is 2. The first kappa shape index (κ1) is 34.6. The molecule has 0 N–H and O–H groups in total. The molecule has 10 aromatic rings. The van der Waals surface area contributed by atoms with Crippen molar-refractivity contribution in [2.45, 2.75) is 24.7 Å². The van der Waals surface area contributed by atoms with Crippen LogP contribution >= 0.6 is 0 Å². The Morgan fingerprint density at radius 1 is 0.367 bits per heavy atom. The summed E-state index contributed by atoms with van der Waals surface area (Å²) in [7, 11) is 0. The van der Waals surface area contributed by atoms with Gasteiger partial charge in [0.15, 0.2) is 0 Å². The van der Waals surface area contributed by atoms with Crippen molar-refractivity contribution < 1.29 is 4.42 Å². The van der Waals surface area contributed by atoms with E-state index in [0.717, 1.165) is 50.1 Å². The molecule has 0 amide bonds. The van der Waals surface area contributed by atoms with Crippen LogP contribution < -0.4 is 4.90 Å². The van der Waals surface area contributed by atoms with E-state index in [1.807, 2.05) is 0 Å². The second-order valence-electron chi connectivity index (χ2n) is 16.8. The van der Waals surface area contributed by atoms with Crippen molar-refractivity contribution in [1.29, 1.82) is 0 Å². The van der Waals surface area contributed by atoms with Crippen molar-refractivity contribution in [1.82, 2.24) is 0 Å². The molecule has 2 aliphatic rings. The molecule has 0 radical (unpaired) electrons. The van der Waals surface area contributed by atoms with E-state index >= 15 is 0 Å². The molecule has 0 saturated heterocycles. The molecule has 1 aromatic heterocycles. The normalized spacial score (nSPS) is 14.1. The summed E-state index contributed by atoms with van der Waals surface area (Å²) < 4.78 is 6.85. The Morgan fingerprint density at radius 3 is 1.62 bits per heavy atom. The van der Waals surface area contributed by atoms with Gasteiger partial charge in [0.1, 0.15) is 11.2 Å². The van der Waals surface area contributed by atoms with E-state index in [2.05, 4.69) is 231 Å². The van der Waals surface area contributed by atoms with Gasteiger partial charge in [-0.2, -0.15) is 0 Å². The van der Waals surface area contributed by atoms with Gasteiger partial charge in [-0.1, -0.05) is 172 Å². The van der Waals surface area contributed by atoms with Gasteiger partial charge in [-0.25, -0.2) is 0 Å². The Kier molecular flexibility index (Phi) is 7.52. The summed E-state index contributed by atoms with van der Waals surface area (Å²) >= 11 is 0. The standard InChI is InChI=1S/C58H41NO/c1-57(2)50-26-14-12-23-45(50)47-34-33-43(35-52(47)57)59(41-21-10-5-11-22-41)42-31-29-38(30-32-42)44-25-16-28-54-56(44)49-36-48-46-24-13-15-27-51(46)58(39-17-6-3-7-18-39,40-19-8-4-9-20-40)53(48)37-55(49)60-54/h3-37H,1-2H3. The highest BCUT2D eigenvalue weighted by molar-refractivity contribution is 6.14. The van der Waals surface area contributed by atoms with Gasteiger partial charge in [0, 0.05) is 33.2 Å². The van der Waals surface area contributed by atoms with Gasteiger partial charge in [-0.05, 0) is 121 Å². The minimum atomic E-state index is -0.483. The maximum atomic E-state index is 6.85. The van der Waals surface area contributed by atoms with Crippen LogP contribution in [0.25, 0.3) is 55.3 Å². The number of furan rings is 1. The average molecular weight is 768 g/mol. The zero-order valence-electron chi connectivity index (χ0n) is 33.6. The third-order valence-corrected chi connectivity index (χ3v) is 13.4. The molecule has 2 nitrogen and oxygen atoms in total. The fourth-order valence-corrected chi connectivity index (χ4v) is 10.6. The van der Waals surface area contributed by atoms with Crippen LogP contribution in [0.2, 0.25) is 0 Å². The topological polar surface area (TPSA) is 16.4 Å². The smallest absolute Gasteiger partial charge is 0.136 e. The molecule has 2 aliphatic carbocycles. The molecule has 2 heteroatoms. The third-order valence-electron chi connectivity index (χ3n) is 13.4. The number of fused-ring (bicyclic) bond motifs is 9. The first-order chi connectivity index (χ1) is 29.5. The van der Waals surface area contributed by atoms with E-state index in [0.29, 0.717) is 0 Å². The molecular formula is C58H41NO. The molecule has 1 heterocycles. The lowest BCUT2D eigenvalue weighted by molar-refractivity contribution is 0.660. The predicted octanol–water partition coefficient (Wildman–Crippen LogP) is 15.4. The third kappa shape index (κ3) is 4.88. The number of benzene rings is 9. The molecule has 0 bridgehead atoms. The largest absolute Gasteiger partial charge is 0.456 e. The number of nitrogens with zero attached hydrogens (tertiary/aromatic N) is 1. The van der Waals surface area contributed by atoms with Crippen LogP contribution in [-0.4, -0.2) is 0 Å². The highest BCUT2D eigenvalue weighted by Gasteiger charge is 2.46. The minimum Gasteiger partial charge on any atom is -0.456 e. The van der Waals surface area contributed by atoms with Gasteiger partial charge in [0.2, 0.25) is 0 Å². The van der Waals surface area contributed by atoms with Gasteiger partial charge < -0.3 is 9.32 Å². The zero-order chi connectivity index (χ0) is 40.0. The second-order valence-corrected chi connectivity index (χ2v) is 16.8. The van der Waals surface area contributed by atoms with Gasteiger partial charge in [-0.15, -0.1) is 0 Å². The maximum absolute atomic E-state index is 6.85. The Hall–Kier alpha value is -7.42. The van der Waals surface area contributed by atoms with Crippen LogP contribution in [0.1, 0.15) is 47.2 Å². The summed E-state index contributed by atoms with van der Waals surface area (Å²) in [5.41, 5.74) is 19.8. The quantitative estimate of drug-likeness (QED) is 0.168. The Labute approximate surface area is 350 Å². The molecule has 9 aromatic carbocycles. The lowest BCUT2D eigenvalue weighted by atomic mass is 9.67. The lowest BCUT2D eigenvalue weighted by Crippen LogP contribution is -2.28. The van der Waals surface area contributed by atoms with Crippen molar-refractivity contribution in [2.24, 2.45) is 0 Å². The molecule has 0 atom stereocenters. The predicted molar refractivity (Wildman–Crippen MR) is 249 cm³/mol. The SMILES string of the molecule is CC1(C)c2ccccc2-c2ccc(N(c3ccccc3)c3ccc(-c4cccc5oc6cc7c(cc6c45)-c4ccccc4C7(c4ccccc4)c4ccccc4)cc3)cc21. The number of anilines is 3. The molecule has 0 fully saturated rings. The summed E-state index contributed by atoms with van der Waals surface area (Å²) in [5, 5.41) is 2.26. The number of hydrogen-bond donors (Lipinski definition) is 0. The van der Waals surface area contributed by atoms with Gasteiger partial charge in [0.25, 0.3) is 0 Å². The highest BCUT2D eigenvalue weighted by atomic mass is 16.3. The molecule has 284 valence electrons. The first-order valence-corrected chi connectivity index (χ1v) is 20.9. The van der Waals surface area contributed by atoms with Crippen LogP contribution in [0.3, 0.4) is 0 Å². The van der Waals surface area contributed by atoms with Crippen molar-refractivity contribution in [3.8, 4) is 33.4 Å². The summed E-state index contributed by atoms with van der Waals surface area (Å²) in [5.74, 6) is 0. The van der Waals surface area contributed by atoms with Crippen molar-refractivity contribution in [3.05, 3.63) is 246 Å². The maximum Gasteiger partial charge on any atom is 0.136 e. The molecule has 0 unspecified atom stereocenters. The lowest BCUT2D eigenvalue weighted by Gasteiger charge is -2.33. The second kappa shape index (κ2) is 13.0. The van der Waals surface area contributed by atoms with Crippen molar-refractivity contribution in [3.63, 3.8) is 0 Å². The van der Waals surface area contributed by atoms with E-state index in [1.165, 1.54) is 55.6 Å². The van der Waals surface area contributed by atoms with Gasteiger partial charge >= 0.3 is 0 Å². The summed E-state index contributed by atoms with van der Waals surface area (Å²) in [4.78, 5) is 2.38. The van der Waals surface area contributed by atoms with Crippen molar-refractivity contribution >= 4 is 39.0 Å². The number of rotatable bonds is 6. The highest BCUT2D eigenvalue weighted by Crippen LogP contribution is 2.58. The van der Waals surface area contributed by atoms with Gasteiger partial charge in [0.05, 0.1) is 5.41 Å². The summed E-state index contributed by atoms with van der Waals surface area (Å²) in [6.45, 7) is 4.69. The van der Waals surface area contributed by atoms with Gasteiger partial charge in [-0.3, -0.25) is 0 Å². The monoisotopic (exact) mass is 767 g/mol. The van der Waals surface area contributed by atoms with E-state index < -0.39 is 5.41 Å². The fourth-order valence-electron chi connectivity index (χ4n) is 10.6. The molecule has 12 rings (SSSR count). The summed E-state index contributed by atoms with van der Waals surface area (Å²) in [6.07, 6.45) is 0. The minimum absolute atomic E-state index is 0.0903. The number of para-hydroxylation sites is 1. The Balaban J connectivity index is 1.00. The van der Waals surface area contributed by atoms with Crippen LogP contribution in [-0.2, 0) is 10.8 Å². The van der Waals surface area contributed by atoms with Crippen molar-refractivity contribution in [2.75, 3.05) is 4.90 Å². The molecule has 60 heavy (non-hydrogen) atoms. The fraction of sp³-hybridized carbons (Fsp3) is 0.0690. The summed E-state index contributed by atoms with van der Waals surface area (Å²) in [6, 6.07) is 77.6. The van der Waals surface area contributed by atoms with E-state index in [4.69, 9.17) is 4.42 Å². The molecule has 0 aliphatic heterocycles. The molecule has 0 spiro atoms.